The lowest BCUT2D eigenvalue weighted by atomic mass is 10.1. The number of hydrogen-bond donors (Lipinski definition) is 2. The van der Waals surface area contributed by atoms with Gasteiger partial charge in [0.25, 0.3) is 10.0 Å². The van der Waals surface area contributed by atoms with Crippen molar-refractivity contribution in [2.45, 2.75) is 17.9 Å². The predicted molar refractivity (Wildman–Crippen MR) is 93.4 cm³/mol. The fourth-order valence-corrected chi connectivity index (χ4v) is 4.09. The molecule has 2 aliphatic rings. The number of anilines is 2. The quantitative estimate of drug-likeness (QED) is 0.881. The van der Waals surface area contributed by atoms with E-state index in [0.717, 1.165) is 16.9 Å². The summed E-state index contributed by atoms with van der Waals surface area (Å²) < 4.78 is 33.3. The third kappa shape index (κ3) is 2.89. The number of rotatable bonds is 3. The summed E-state index contributed by atoms with van der Waals surface area (Å²) in [4.78, 5) is 13.4. The van der Waals surface area contributed by atoms with E-state index in [1.165, 1.54) is 4.90 Å². The molecule has 0 saturated carbocycles. The zero-order valence-corrected chi connectivity index (χ0v) is 14.4. The summed E-state index contributed by atoms with van der Waals surface area (Å²) in [5.41, 5.74) is 2.91. The number of benzene rings is 2. The summed E-state index contributed by atoms with van der Waals surface area (Å²) in [7, 11) is -2.01. The molecule has 130 valence electrons. The van der Waals surface area contributed by atoms with Crippen LogP contribution in [0.15, 0.2) is 41.3 Å². The zero-order valence-electron chi connectivity index (χ0n) is 13.6. The van der Waals surface area contributed by atoms with Crippen LogP contribution in [0.5, 0.6) is 5.75 Å². The third-order valence-electron chi connectivity index (χ3n) is 4.32. The van der Waals surface area contributed by atoms with Gasteiger partial charge in [0.05, 0.1) is 11.5 Å². The first kappa shape index (κ1) is 15.8. The minimum absolute atomic E-state index is 0.179. The number of nitrogens with zero attached hydrogens (tertiary/aromatic N) is 1. The largest absolute Gasteiger partial charge is 0.493 e. The van der Waals surface area contributed by atoms with E-state index in [4.69, 9.17) is 4.74 Å². The number of fused-ring (bicyclic) bond motifs is 2. The van der Waals surface area contributed by atoms with Gasteiger partial charge in [-0.2, -0.15) is 0 Å². The Kier molecular flexibility index (Phi) is 3.57. The van der Waals surface area contributed by atoms with Crippen molar-refractivity contribution < 1.29 is 17.9 Å². The highest BCUT2D eigenvalue weighted by atomic mass is 32.2. The fraction of sp³-hybridized carbons (Fsp3) is 0.235. The molecule has 0 fully saturated rings. The highest BCUT2D eigenvalue weighted by molar-refractivity contribution is 7.92. The summed E-state index contributed by atoms with van der Waals surface area (Å²) in [6.07, 6.45) is 0.712. The van der Waals surface area contributed by atoms with Crippen LogP contribution in [0, 0.1) is 0 Å². The first-order chi connectivity index (χ1) is 11.9. The molecule has 0 unspecified atom stereocenters. The van der Waals surface area contributed by atoms with Crippen LogP contribution < -0.4 is 14.8 Å². The van der Waals surface area contributed by atoms with Gasteiger partial charge in [0, 0.05) is 31.4 Å². The Morgan fingerprint density at radius 2 is 2.00 bits per heavy atom. The van der Waals surface area contributed by atoms with Gasteiger partial charge in [-0.3, -0.25) is 4.72 Å². The number of nitrogens with one attached hydrogen (secondary N) is 2. The molecule has 2 N–H and O–H groups in total. The number of carbonyl (C=O) groups excluding carboxylic acids is 1. The second-order valence-corrected chi connectivity index (χ2v) is 7.81. The first-order valence-electron chi connectivity index (χ1n) is 7.86. The van der Waals surface area contributed by atoms with Gasteiger partial charge in [0.1, 0.15) is 5.75 Å². The molecular weight excluding hydrogens is 342 g/mol. The molecule has 0 saturated heterocycles. The van der Waals surface area contributed by atoms with Crippen molar-refractivity contribution in [3.63, 3.8) is 0 Å². The minimum atomic E-state index is -3.69. The van der Waals surface area contributed by atoms with Gasteiger partial charge in [0.2, 0.25) is 0 Å². The van der Waals surface area contributed by atoms with Crippen molar-refractivity contribution in [3.8, 4) is 5.75 Å². The Morgan fingerprint density at radius 1 is 1.16 bits per heavy atom. The van der Waals surface area contributed by atoms with E-state index in [0.29, 0.717) is 30.9 Å². The number of amides is 2. The molecule has 0 radical (unpaired) electrons. The van der Waals surface area contributed by atoms with Crippen LogP contribution in [0.1, 0.15) is 11.1 Å². The summed E-state index contributed by atoms with van der Waals surface area (Å²) in [6, 6.07) is 9.78. The standard InChI is InChI=1S/C17H17N3O4S/c1-20-10-12-8-13(2-4-15(12)18-17(20)21)19-25(22,23)14-3-5-16-11(9-14)6-7-24-16/h2-5,8-9,19H,6-7,10H2,1H3,(H,18,21). The second-order valence-electron chi connectivity index (χ2n) is 6.13. The van der Waals surface area contributed by atoms with E-state index < -0.39 is 10.0 Å². The average Bonchev–Trinajstić information content (AvgIpc) is 3.03. The molecule has 2 aromatic rings. The Hall–Kier alpha value is -2.74. The Balaban J connectivity index is 1.61. The first-order valence-corrected chi connectivity index (χ1v) is 9.34. The normalized spacial score (nSPS) is 15.9. The molecule has 7 nitrogen and oxygen atoms in total. The van der Waals surface area contributed by atoms with Crippen LogP contribution in [0.25, 0.3) is 0 Å². The van der Waals surface area contributed by atoms with E-state index in [9.17, 15) is 13.2 Å². The lowest BCUT2D eigenvalue weighted by Gasteiger charge is -2.26. The van der Waals surface area contributed by atoms with Gasteiger partial charge in [-0.05, 0) is 47.5 Å². The number of sulfonamides is 1. The zero-order chi connectivity index (χ0) is 17.6. The Bertz CT molecular complexity index is 972. The summed E-state index contributed by atoms with van der Waals surface area (Å²) in [5.74, 6) is 0.742. The summed E-state index contributed by atoms with van der Waals surface area (Å²) in [6.45, 7) is 1.00. The molecule has 2 amide bonds. The fourth-order valence-electron chi connectivity index (χ4n) is 2.99. The molecule has 0 bridgehead atoms. The number of urea groups is 1. The van der Waals surface area contributed by atoms with Crippen LogP contribution in [-0.4, -0.2) is 33.0 Å². The molecule has 8 heteroatoms. The minimum Gasteiger partial charge on any atom is -0.493 e. The van der Waals surface area contributed by atoms with Crippen molar-refractivity contribution >= 4 is 27.4 Å². The van der Waals surface area contributed by atoms with Crippen LogP contribution in [0.4, 0.5) is 16.2 Å². The number of carbonyl (C=O) groups is 1. The van der Waals surface area contributed by atoms with Crippen LogP contribution >= 0.6 is 0 Å². The molecule has 2 aromatic carbocycles. The second kappa shape index (κ2) is 5.66. The monoisotopic (exact) mass is 359 g/mol. The van der Waals surface area contributed by atoms with Gasteiger partial charge in [-0.25, -0.2) is 13.2 Å². The molecule has 0 aliphatic carbocycles. The van der Waals surface area contributed by atoms with E-state index in [1.807, 2.05) is 0 Å². The third-order valence-corrected chi connectivity index (χ3v) is 5.70. The van der Waals surface area contributed by atoms with E-state index in [1.54, 1.807) is 43.4 Å². The predicted octanol–water partition coefficient (Wildman–Crippen LogP) is 2.40. The highest BCUT2D eigenvalue weighted by Gasteiger charge is 2.22. The van der Waals surface area contributed by atoms with Crippen molar-refractivity contribution in [2.75, 3.05) is 23.7 Å². The SMILES string of the molecule is CN1Cc2cc(NS(=O)(=O)c3ccc4c(c3)CCO4)ccc2NC1=O. The van der Waals surface area contributed by atoms with Crippen molar-refractivity contribution in [1.29, 1.82) is 0 Å². The average molecular weight is 359 g/mol. The number of hydrogen-bond acceptors (Lipinski definition) is 4. The van der Waals surface area contributed by atoms with Gasteiger partial charge in [-0.15, -0.1) is 0 Å². The van der Waals surface area contributed by atoms with Gasteiger partial charge in [-0.1, -0.05) is 0 Å². The maximum atomic E-state index is 12.7. The maximum Gasteiger partial charge on any atom is 0.321 e. The smallest absolute Gasteiger partial charge is 0.321 e. The topological polar surface area (TPSA) is 87.7 Å². The van der Waals surface area contributed by atoms with Gasteiger partial charge < -0.3 is 15.0 Å². The van der Waals surface area contributed by atoms with Crippen LogP contribution in [-0.2, 0) is 23.0 Å². The lowest BCUT2D eigenvalue weighted by molar-refractivity contribution is 0.218. The molecule has 0 aromatic heterocycles. The Labute approximate surface area is 145 Å². The molecular formula is C17H17N3O4S. The van der Waals surface area contributed by atoms with Crippen LogP contribution in [0.3, 0.4) is 0 Å². The molecule has 2 aliphatic heterocycles. The van der Waals surface area contributed by atoms with Gasteiger partial charge >= 0.3 is 6.03 Å². The van der Waals surface area contributed by atoms with Crippen molar-refractivity contribution in [1.82, 2.24) is 4.90 Å². The lowest BCUT2D eigenvalue weighted by Crippen LogP contribution is -2.35. The van der Waals surface area contributed by atoms with Gasteiger partial charge in [0.15, 0.2) is 0 Å². The maximum absolute atomic E-state index is 12.7. The summed E-state index contributed by atoms with van der Waals surface area (Å²) in [5, 5.41) is 2.76. The van der Waals surface area contributed by atoms with E-state index in [-0.39, 0.29) is 10.9 Å². The molecule has 0 spiro atoms. The van der Waals surface area contributed by atoms with Crippen molar-refractivity contribution in [2.24, 2.45) is 0 Å². The molecule has 2 heterocycles. The summed E-state index contributed by atoms with van der Waals surface area (Å²) >= 11 is 0. The van der Waals surface area contributed by atoms with E-state index in [2.05, 4.69) is 10.0 Å². The molecule has 4 rings (SSSR count). The van der Waals surface area contributed by atoms with Crippen LogP contribution in [0.2, 0.25) is 0 Å². The Morgan fingerprint density at radius 3 is 2.84 bits per heavy atom. The molecule has 0 atom stereocenters. The molecule has 25 heavy (non-hydrogen) atoms. The number of ether oxygens (including phenoxy) is 1. The highest BCUT2D eigenvalue weighted by Crippen LogP contribution is 2.30. The van der Waals surface area contributed by atoms with E-state index >= 15 is 0 Å². The van der Waals surface area contributed by atoms with Crippen molar-refractivity contribution in [3.05, 3.63) is 47.5 Å².